The summed E-state index contributed by atoms with van der Waals surface area (Å²) in [7, 11) is 0. The second kappa shape index (κ2) is 7.28. The van der Waals surface area contributed by atoms with Gasteiger partial charge in [0.1, 0.15) is 5.03 Å². The molecule has 2 aromatic rings. The van der Waals surface area contributed by atoms with Crippen LogP contribution < -0.4 is 5.73 Å². The minimum atomic E-state index is -0.985. The van der Waals surface area contributed by atoms with E-state index in [0.717, 1.165) is 10.5 Å². The first-order chi connectivity index (χ1) is 10.9. The summed E-state index contributed by atoms with van der Waals surface area (Å²) >= 11 is 1.39. The van der Waals surface area contributed by atoms with Crippen molar-refractivity contribution in [2.24, 2.45) is 5.73 Å². The number of benzene rings is 1. The third-order valence-corrected chi connectivity index (χ3v) is 4.41. The molecule has 0 saturated carbocycles. The number of nitrogens with two attached hydrogens (primary N) is 1. The topological polar surface area (TPSA) is 82.3 Å². The van der Waals surface area contributed by atoms with Crippen LogP contribution in [0, 0.1) is 13.8 Å². The van der Waals surface area contributed by atoms with E-state index in [4.69, 9.17) is 10.5 Å². The maximum atomic E-state index is 12.2. The Morgan fingerprint density at radius 1 is 1.26 bits per heavy atom. The van der Waals surface area contributed by atoms with Crippen LogP contribution in [0.3, 0.4) is 0 Å². The Balaban J connectivity index is 2.27. The summed E-state index contributed by atoms with van der Waals surface area (Å²) in [5, 5.41) is 0.529. The molecule has 0 saturated heterocycles. The van der Waals surface area contributed by atoms with Gasteiger partial charge in [-0.1, -0.05) is 29.5 Å². The van der Waals surface area contributed by atoms with Crippen LogP contribution in [0.2, 0.25) is 0 Å². The number of hydrogen-bond acceptors (Lipinski definition) is 5. The average Bonchev–Trinajstić information content (AvgIpc) is 2.50. The minimum Gasteiger partial charge on any atom is -0.449 e. The van der Waals surface area contributed by atoms with Gasteiger partial charge in [-0.05, 0) is 44.5 Å². The fraction of sp³-hybridized carbons (Fsp3) is 0.235. The molecule has 0 unspecified atom stereocenters. The number of aryl methyl sites for hydroxylation is 2. The molecule has 1 amide bonds. The van der Waals surface area contributed by atoms with Gasteiger partial charge in [0.05, 0.1) is 5.56 Å². The van der Waals surface area contributed by atoms with Gasteiger partial charge in [-0.15, -0.1) is 0 Å². The number of hydrogen-bond donors (Lipinski definition) is 1. The lowest BCUT2D eigenvalue weighted by atomic mass is 10.2. The number of carbonyl (C=O) groups is 2. The Morgan fingerprint density at radius 3 is 2.65 bits per heavy atom. The summed E-state index contributed by atoms with van der Waals surface area (Å²) in [6, 6.07) is 9.33. The number of ether oxygens (including phenoxy) is 1. The molecule has 0 aliphatic heterocycles. The largest absolute Gasteiger partial charge is 0.449 e. The quantitative estimate of drug-likeness (QED) is 0.852. The van der Waals surface area contributed by atoms with Crippen molar-refractivity contribution in [3.8, 4) is 0 Å². The highest BCUT2D eigenvalue weighted by atomic mass is 32.2. The van der Waals surface area contributed by atoms with Gasteiger partial charge in [-0.2, -0.15) is 0 Å². The van der Waals surface area contributed by atoms with Crippen LogP contribution in [0.25, 0.3) is 0 Å². The van der Waals surface area contributed by atoms with Crippen LogP contribution in [-0.4, -0.2) is 23.0 Å². The summed E-state index contributed by atoms with van der Waals surface area (Å²) in [6.07, 6.45) is 0.627. The van der Waals surface area contributed by atoms with Crippen molar-refractivity contribution >= 4 is 23.6 Å². The second-order valence-corrected chi connectivity index (χ2v) is 6.21. The van der Waals surface area contributed by atoms with Gasteiger partial charge in [0.15, 0.2) is 6.10 Å². The summed E-state index contributed by atoms with van der Waals surface area (Å²) in [5.74, 6) is -1.30. The van der Waals surface area contributed by atoms with E-state index in [2.05, 4.69) is 11.1 Å². The fourth-order valence-electron chi connectivity index (χ4n) is 1.93. The smallest absolute Gasteiger partial charge is 0.341 e. The van der Waals surface area contributed by atoms with E-state index in [-0.39, 0.29) is 0 Å². The number of esters is 1. The van der Waals surface area contributed by atoms with Crippen LogP contribution >= 0.6 is 11.8 Å². The van der Waals surface area contributed by atoms with Crippen LogP contribution in [0.1, 0.15) is 28.4 Å². The highest BCUT2D eigenvalue weighted by molar-refractivity contribution is 7.99. The van der Waals surface area contributed by atoms with Crippen molar-refractivity contribution in [2.45, 2.75) is 36.8 Å². The van der Waals surface area contributed by atoms with Gasteiger partial charge in [-0.3, -0.25) is 4.79 Å². The predicted molar refractivity (Wildman–Crippen MR) is 88.3 cm³/mol. The maximum Gasteiger partial charge on any atom is 0.341 e. The number of pyridine rings is 1. The first kappa shape index (κ1) is 17.0. The Bertz CT molecular complexity index is 746. The lowest BCUT2D eigenvalue weighted by Gasteiger charge is -2.12. The van der Waals surface area contributed by atoms with Crippen molar-refractivity contribution in [1.82, 2.24) is 4.98 Å². The Kier molecular flexibility index (Phi) is 5.39. The van der Waals surface area contributed by atoms with E-state index < -0.39 is 18.0 Å². The summed E-state index contributed by atoms with van der Waals surface area (Å²) in [6.45, 7) is 5.47. The van der Waals surface area contributed by atoms with Gasteiger partial charge >= 0.3 is 5.97 Å². The van der Waals surface area contributed by atoms with Crippen molar-refractivity contribution < 1.29 is 14.3 Å². The summed E-state index contributed by atoms with van der Waals surface area (Å²) in [5.41, 5.74) is 7.70. The molecule has 1 heterocycles. The number of aromatic nitrogens is 1. The predicted octanol–water partition coefficient (Wildman–Crippen LogP) is 2.88. The second-order valence-electron chi connectivity index (χ2n) is 5.18. The average molecular weight is 330 g/mol. The van der Waals surface area contributed by atoms with E-state index in [1.165, 1.54) is 24.2 Å². The first-order valence-electron chi connectivity index (χ1n) is 7.09. The molecule has 0 aliphatic carbocycles. The SMILES string of the molecule is Cc1ccc(Sc2ncccc2C(=O)O[C@@H](C)C(N)=O)c(C)c1. The number of amides is 1. The number of nitrogens with zero attached hydrogens (tertiary/aromatic N) is 1. The standard InChI is InChI=1S/C17H18N2O3S/c1-10-6-7-14(11(2)9-10)23-16-13(5-4-8-19-16)17(21)22-12(3)15(18)20/h4-9,12H,1-3H3,(H2,18,20)/t12-/m0/s1. The lowest BCUT2D eigenvalue weighted by molar-refractivity contribution is -0.125. The van der Waals surface area contributed by atoms with E-state index >= 15 is 0 Å². The van der Waals surface area contributed by atoms with Crippen LogP contribution in [0.5, 0.6) is 0 Å². The molecule has 0 aliphatic rings. The molecule has 6 heteroatoms. The highest BCUT2D eigenvalue weighted by Gasteiger charge is 2.20. The monoisotopic (exact) mass is 330 g/mol. The number of primary amides is 1. The molecule has 1 aromatic carbocycles. The van der Waals surface area contributed by atoms with E-state index in [0.29, 0.717) is 10.6 Å². The molecule has 2 N–H and O–H groups in total. The Hall–Kier alpha value is -2.34. The normalized spacial score (nSPS) is 11.8. The van der Waals surface area contributed by atoms with Gasteiger partial charge in [-0.25, -0.2) is 9.78 Å². The third-order valence-electron chi connectivity index (χ3n) is 3.21. The molecule has 0 bridgehead atoms. The Labute approximate surface area is 139 Å². The zero-order valence-electron chi connectivity index (χ0n) is 13.2. The van der Waals surface area contributed by atoms with E-state index in [9.17, 15) is 9.59 Å². The molecule has 1 aromatic heterocycles. The molecule has 23 heavy (non-hydrogen) atoms. The van der Waals surface area contributed by atoms with Crippen LogP contribution in [-0.2, 0) is 9.53 Å². The first-order valence-corrected chi connectivity index (χ1v) is 7.90. The molecule has 0 spiro atoms. The summed E-state index contributed by atoms with van der Waals surface area (Å²) in [4.78, 5) is 28.5. The maximum absolute atomic E-state index is 12.2. The molecular weight excluding hydrogens is 312 g/mol. The molecule has 5 nitrogen and oxygen atoms in total. The van der Waals surface area contributed by atoms with E-state index in [1.807, 2.05) is 26.0 Å². The minimum absolute atomic E-state index is 0.311. The van der Waals surface area contributed by atoms with E-state index in [1.54, 1.807) is 18.3 Å². The molecular formula is C17H18N2O3S. The van der Waals surface area contributed by atoms with Gasteiger partial charge < -0.3 is 10.5 Å². The van der Waals surface area contributed by atoms with Gasteiger partial charge in [0.25, 0.3) is 5.91 Å². The number of rotatable bonds is 5. The molecule has 2 rings (SSSR count). The van der Waals surface area contributed by atoms with Crippen molar-refractivity contribution in [3.63, 3.8) is 0 Å². The zero-order chi connectivity index (χ0) is 17.0. The van der Waals surface area contributed by atoms with Crippen LogP contribution in [0.4, 0.5) is 0 Å². The molecule has 0 fully saturated rings. The van der Waals surface area contributed by atoms with Crippen molar-refractivity contribution in [3.05, 3.63) is 53.2 Å². The fourth-order valence-corrected chi connectivity index (χ4v) is 2.87. The third kappa shape index (κ3) is 4.32. The van der Waals surface area contributed by atoms with Gasteiger partial charge in [0, 0.05) is 11.1 Å². The summed E-state index contributed by atoms with van der Waals surface area (Å²) < 4.78 is 5.06. The molecule has 1 atom stereocenters. The lowest BCUT2D eigenvalue weighted by Crippen LogP contribution is -2.30. The van der Waals surface area contributed by atoms with Crippen molar-refractivity contribution in [2.75, 3.05) is 0 Å². The zero-order valence-corrected chi connectivity index (χ0v) is 14.0. The van der Waals surface area contributed by atoms with Crippen LogP contribution in [0.15, 0.2) is 46.5 Å². The van der Waals surface area contributed by atoms with Crippen molar-refractivity contribution in [1.29, 1.82) is 0 Å². The number of carbonyl (C=O) groups excluding carboxylic acids is 2. The molecule has 0 radical (unpaired) electrons. The molecule has 120 valence electrons. The highest BCUT2D eigenvalue weighted by Crippen LogP contribution is 2.31. The Morgan fingerprint density at radius 2 is 2.00 bits per heavy atom. The van der Waals surface area contributed by atoms with Gasteiger partial charge in [0.2, 0.25) is 0 Å².